The number of ether oxygens (including phenoxy) is 3. The highest BCUT2D eigenvalue weighted by Gasteiger charge is 2.16. The fraction of sp³-hybridized carbons (Fsp3) is 0.214. The van der Waals surface area contributed by atoms with E-state index < -0.39 is 5.97 Å². The summed E-state index contributed by atoms with van der Waals surface area (Å²) in [5, 5.41) is 20.6. The molecule has 3 rings (SSSR count). The third-order valence-corrected chi connectivity index (χ3v) is 5.18. The van der Waals surface area contributed by atoms with Crippen LogP contribution < -0.4 is 9.47 Å². The molecule has 0 aromatic heterocycles. The van der Waals surface area contributed by atoms with Crippen molar-refractivity contribution in [3.8, 4) is 23.0 Å². The van der Waals surface area contributed by atoms with E-state index in [9.17, 15) is 19.8 Å². The van der Waals surface area contributed by atoms with E-state index in [2.05, 4.69) is 6.58 Å². The van der Waals surface area contributed by atoms with Crippen LogP contribution in [0.25, 0.3) is 0 Å². The largest absolute Gasteiger partial charge is 0.507 e. The van der Waals surface area contributed by atoms with Gasteiger partial charge in [0, 0.05) is 18.1 Å². The number of ketones is 1. The molecule has 3 aromatic rings. The molecule has 3 aromatic carbocycles. The van der Waals surface area contributed by atoms with Crippen LogP contribution in [0.1, 0.15) is 45.2 Å². The first kappa shape index (κ1) is 25.4. The summed E-state index contributed by atoms with van der Waals surface area (Å²) in [6, 6.07) is 16.9. The molecule has 0 unspecified atom stereocenters. The molecular formula is C28H28O7. The zero-order chi connectivity index (χ0) is 25.2. The average molecular weight is 477 g/mol. The van der Waals surface area contributed by atoms with E-state index in [0.29, 0.717) is 43.1 Å². The van der Waals surface area contributed by atoms with E-state index in [-0.39, 0.29) is 35.0 Å². The van der Waals surface area contributed by atoms with Gasteiger partial charge in [-0.25, -0.2) is 4.79 Å². The Hall–Kier alpha value is -4.26. The van der Waals surface area contributed by atoms with Gasteiger partial charge in [-0.1, -0.05) is 36.4 Å². The quantitative estimate of drug-likeness (QED) is 0.160. The molecule has 182 valence electrons. The summed E-state index contributed by atoms with van der Waals surface area (Å²) in [7, 11) is 0. The predicted octanol–water partition coefficient (Wildman–Crippen LogP) is 5.23. The van der Waals surface area contributed by atoms with Crippen LogP contribution in [0.3, 0.4) is 0 Å². The molecule has 2 N–H and O–H groups in total. The topological polar surface area (TPSA) is 102 Å². The number of allylic oxidation sites excluding steroid dienone is 1. The minimum absolute atomic E-state index is 0.0557. The van der Waals surface area contributed by atoms with Crippen molar-refractivity contribution in [2.24, 2.45) is 0 Å². The Bertz CT molecular complexity index is 1190. The van der Waals surface area contributed by atoms with Crippen LogP contribution >= 0.6 is 0 Å². The van der Waals surface area contributed by atoms with Gasteiger partial charge in [-0.15, -0.1) is 6.58 Å². The van der Waals surface area contributed by atoms with Crippen LogP contribution in [0.4, 0.5) is 0 Å². The zero-order valence-electron chi connectivity index (χ0n) is 19.5. The molecule has 0 spiro atoms. The molecule has 0 saturated heterocycles. The number of phenolic OH excluding ortho intramolecular Hbond substituents is 2. The fourth-order valence-corrected chi connectivity index (χ4v) is 3.38. The lowest BCUT2D eigenvalue weighted by Crippen LogP contribution is -2.08. The summed E-state index contributed by atoms with van der Waals surface area (Å²) < 4.78 is 16.7. The lowest BCUT2D eigenvalue weighted by Gasteiger charge is -2.14. The van der Waals surface area contributed by atoms with Gasteiger partial charge in [-0.2, -0.15) is 0 Å². The summed E-state index contributed by atoms with van der Waals surface area (Å²) in [5.41, 5.74) is 1.65. The van der Waals surface area contributed by atoms with Crippen molar-refractivity contribution in [1.82, 2.24) is 0 Å². The predicted molar refractivity (Wildman–Crippen MR) is 131 cm³/mol. The molecule has 0 saturated carbocycles. The molecule has 0 bridgehead atoms. The van der Waals surface area contributed by atoms with Gasteiger partial charge in [0.2, 0.25) is 0 Å². The van der Waals surface area contributed by atoms with Crippen molar-refractivity contribution in [1.29, 1.82) is 0 Å². The SMILES string of the molecule is C=CCc1c(OCCCOc2ccc(C(=O)OCc3ccccc3)c(O)c2)ccc(C(C)=O)c1O. The second-order valence-corrected chi connectivity index (χ2v) is 7.78. The maximum atomic E-state index is 12.3. The Morgan fingerprint density at radius 1 is 0.943 bits per heavy atom. The second-order valence-electron chi connectivity index (χ2n) is 7.78. The molecule has 0 heterocycles. The van der Waals surface area contributed by atoms with Crippen LogP contribution in [-0.2, 0) is 17.8 Å². The molecule has 0 aliphatic rings. The summed E-state index contributed by atoms with van der Waals surface area (Å²) >= 11 is 0. The number of carbonyl (C=O) groups excluding carboxylic acids is 2. The third-order valence-electron chi connectivity index (χ3n) is 5.18. The first-order valence-corrected chi connectivity index (χ1v) is 11.2. The molecule has 35 heavy (non-hydrogen) atoms. The van der Waals surface area contributed by atoms with E-state index >= 15 is 0 Å². The maximum Gasteiger partial charge on any atom is 0.342 e. The van der Waals surface area contributed by atoms with Crippen molar-refractivity contribution in [3.63, 3.8) is 0 Å². The van der Waals surface area contributed by atoms with Gasteiger partial charge in [0.25, 0.3) is 0 Å². The average Bonchev–Trinajstić information content (AvgIpc) is 2.85. The number of benzene rings is 3. The fourth-order valence-electron chi connectivity index (χ4n) is 3.38. The van der Waals surface area contributed by atoms with Crippen LogP contribution in [0.2, 0.25) is 0 Å². The lowest BCUT2D eigenvalue weighted by molar-refractivity contribution is 0.0469. The van der Waals surface area contributed by atoms with Crippen molar-refractivity contribution in [2.75, 3.05) is 13.2 Å². The molecule has 0 amide bonds. The second kappa shape index (κ2) is 12.3. The van der Waals surface area contributed by atoms with Crippen LogP contribution in [0, 0.1) is 0 Å². The zero-order valence-corrected chi connectivity index (χ0v) is 19.5. The van der Waals surface area contributed by atoms with E-state index in [1.807, 2.05) is 30.3 Å². The highest BCUT2D eigenvalue weighted by atomic mass is 16.5. The Balaban J connectivity index is 1.49. The maximum absolute atomic E-state index is 12.3. The first-order chi connectivity index (χ1) is 16.9. The number of carbonyl (C=O) groups is 2. The van der Waals surface area contributed by atoms with Crippen LogP contribution in [0.5, 0.6) is 23.0 Å². The van der Waals surface area contributed by atoms with E-state index in [1.165, 1.54) is 25.1 Å². The Kier molecular flexibility index (Phi) is 8.89. The monoisotopic (exact) mass is 476 g/mol. The van der Waals surface area contributed by atoms with E-state index in [4.69, 9.17) is 14.2 Å². The van der Waals surface area contributed by atoms with Crippen LogP contribution in [0.15, 0.2) is 73.3 Å². The summed E-state index contributed by atoms with van der Waals surface area (Å²) in [6.07, 6.45) is 2.51. The van der Waals surface area contributed by atoms with Gasteiger partial charge in [-0.3, -0.25) is 4.79 Å². The number of Topliss-reactive ketones (excluding diaryl/α,β-unsaturated/α-hetero) is 1. The number of rotatable bonds is 12. The van der Waals surface area contributed by atoms with Gasteiger partial charge in [0.15, 0.2) is 5.78 Å². The standard InChI is InChI=1S/C28H28O7/c1-3-8-24-26(14-13-22(19(2)29)27(24)31)34-16-7-15-33-21-11-12-23(25(30)17-21)28(32)35-18-20-9-5-4-6-10-20/h3-6,9-14,17,30-31H,1,7-8,15-16,18H2,2H3. The summed E-state index contributed by atoms with van der Waals surface area (Å²) in [6.45, 7) is 5.79. The van der Waals surface area contributed by atoms with E-state index in [0.717, 1.165) is 5.56 Å². The van der Waals surface area contributed by atoms with E-state index in [1.54, 1.807) is 18.2 Å². The summed E-state index contributed by atoms with van der Waals surface area (Å²) in [4.78, 5) is 23.9. The van der Waals surface area contributed by atoms with Gasteiger partial charge < -0.3 is 24.4 Å². The minimum atomic E-state index is -0.624. The van der Waals surface area contributed by atoms with Crippen LogP contribution in [-0.4, -0.2) is 35.2 Å². The van der Waals surface area contributed by atoms with Gasteiger partial charge in [0.1, 0.15) is 35.2 Å². The smallest absolute Gasteiger partial charge is 0.342 e. The first-order valence-electron chi connectivity index (χ1n) is 11.2. The van der Waals surface area contributed by atoms with Crippen molar-refractivity contribution in [3.05, 3.63) is 95.6 Å². The molecule has 0 radical (unpaired) electrons. The van der Waals surface area contributed by atoms with Gasteiger partial charge in [-0.05, 0) is 43.2 Å². The Labute approximate surface area is 204 Å². The molecular weight excluding hydrogens is 448 g/mol. The molecule has 0 aliphatic carbocycles. The summed E-state index contributed by atoms with van der Waals surface area (Å²) in [5.74, 6) is -0.301. The third kappa shape index (κ3) is 6.86. The number of phenols is 2. The van der Waals surface area contributed by atoms with Crippen molar-refractivity contribution < 1.29 is 34.0 Å². The molecule has 7 heteroatoms. The number of esters is 1. The number of aromatic hydroxyl groups is 2. The van der Waals surface area contributed by atoms with Crippen molar-refractivity contribution in [2.45, 2.75) is 26.4 Å². The normalized spacial score (nSPS) is 10.4. The highest BCUT2D eigenvalue weighted by Crippen LogP contribution is 2.32. The van der Waals surface area contributed by atoms with Crippen molar-refractivity contribution >= 4 is 11.8 Å². The van der Waals surface area contributed by atoms with Gasteiger partial charge in [0.05, 0.1) is 18.8 Å². The Morgan fingerprint density at radius 3 is 2.34 bits per heavy atom. The molecule has 0 fully saturated rings. The number of hydrogen-bond donors (Lipinski definition) is 2. The lowest BCUT2D eigenvalue weighted by atomic mass is 10.0. The molecule has 7 nitrogen and oxygen atoms in total. The van der Waals surface area contributed by atoms with Gasteiger partial charge >= 0.3 is 5.97 Å². The highest BCUT2D eigenvalue weighted by molar-refractivity contribution is 5.97. The molecule has 0 aliphatic heterocycles. The number of hydrogen-bond acceptors (Lipinski definition) is 7. The molecule has 0 atom stereocenters. The minimum Gasteiger partial charge on any atom is -0.507 e. The Morgan fingerprint density at radius 2 is 1.66 bits per heavy atom.